The van der Waals surface area contributed by atoms with Crippen LogP contribution in [0.4, 0.5) is 5.69 Å². The Kier molecular flexibility index (Phi) is 2.51. The van der Waals surface area contributed by atoms with Crippen molar-refractivity contribution in [1.82, 2.24) is 4.98 Å². The predicted molar refractivity (Wildman–Crippen MR) is 76.6 cm³/mol. The first-order chi connectivity index (χ1) is 8.22. The van der Waals surface area contributed by atoms with Crippen molar-refractivity contribution < 1.29 is 4.42 Å². The average molecular weight is 336 g/mol. The number of rotatable bonds is 1. The van der Waals surface area contributed by atoms with E-state index in [1.54, 1.807) is 0 Å². The van der Waals surface area contributed by atoms with E-state index in [2.05, 4.69) is 27.6 Å². The lowest BCUT2D eigenvalue weighted by molar-refractivity contribution is 0.619. The van der Waals surface area contributed by atoms with Gasteiger partial charge in [-0.25, -0.2) is 4.98 Å². The summed E-state index contributed by atoms with van der Waals surface area (Å²) in [7, 11) is 0. The molecule has 3 aromatic rings. The maximum absolute atomic E-state index is 5.72. The number of halogens is 1. The minimum absolute atomic E-state index is 0.627. The first-order valence-electron chi connectivity index (χ1n) is 5.14. The van der Waals surface area contributed by atoms with Gasteiger partial charge < -0.3 is 10.2 Å². The molecule has 0 unspecified atom stereocenters. The minimum atomic E-state index is 0.627. The topological polar surface area (TPSA) is 52.0 Å². The molecule has 2 aromatic carbocycles. The Bertz CT molecular complexity index is 673. The zero-order valence-corrected chi connectivity index (χ0v) is 11.0. The summed E-state index contributed by atoms with van der Waals surface area (Å²) in [6.45, 7) is 0. The first kappa shape index (κ1) is 10.6. The zero-order chi connectivity index (χ0) is 11.8. The Morgan fingerprint density at radius 2 is 1.82 bits per heavy atom. The molecule has 3 nitrogen and oxygen atoms in total. The van der Waals surface area contributed by atoms with Gasteiger partial charge in [0.2, 0.25) is 5.89 Å². The van der Waals surface area contributed by atoms with Crippen molar-refractivity contribution in [3.63, 3.8) is 0 Å². The van der Waals surface area contributed by atoms with Gasteiger partial charge in [-0.05, 0) is 65.1 Å². The third-order valence-corrected chi connectivity index (χ3v) is 3.18. The van der Waals surface area contributed by atoms with Crippen molar-refractivity contribution >= 4 is 39.4 Å². The van der Waals surface area contributed by atoms with E-state index in [0.29, 0.717) is 5.89 Å². The third-order valence-electron chi connectivity index (χ3n) is 2.51. The molecule has 1 heterocycles. The number of hydrogen-bond acceptors (Lipinski definition) is 3. The van der Waals surface area contributed by atoms with Crippen LogP contribution in [0.15, 0.2) is 46.9 Å². The fourth-order valence-electron chi connectivity index (χ4n) is 1.65. The Balaban J connectivity index is 2.14. The second kappa shape index (κ2) is 4.03. The van der Waals surface area contributed by atoms with Gasteiger partial charge in [-0.15, -0.1) is 0 Å². The molecule has 84 valence electrons. The van der Waals surface area contributed by atoms with Gasteiger partial charge >= 0.3 is 0 Å². The Morgan fingerprint density at radius 3 is 2.59 bits per heavy atom. The van der Waals surface area contributed by atoms with E-state index in [-0.39, 0.29) is 0 Å². The van der Waals surface area contributed by atoms with Crippen LogP contribution in [0, 0.1) is 3.57 Å². The summed E-state index contributed by atoms with van der Waals surface area (Å²) in [6, 6.07) is 13.4. The smallest absolute Gasteiger partial charge is 0.227 e. The Morgan fingerprint density at radius 1 is 1.06 bits per heavy atom. The molecule has 0 saturated carbocycles. The maximum atomic E-state index is 5.72. The number of nitrogens with two attached hydrogens (primary N) is 1. The van der Waals surface area contributed by atoms with Crippen molar-refractivity contribution in [2.45, 2.75) is 0 Å². The van der Waals surface area contributed by atoms with Crippen LogP contribution in [-0.4, -0.2) is 4.98 Å². The van der Waals surface area contributed by atoms with E-state index < -0.39 is 0 Å². The molecule has 0 spiro atoms. The number of hydrogen-bond donors (Lipinski definition) is 1. The highest BCUT2D eigenvalue weighted by Gasteiger charge is 2.07. The number of oxazole rings is 1. The molecule has 3 rings (SSSR count). The summed E-state index contributed by atoms with van der Waals surface area (Å²) in [5.41, 5.74) is 9.00. The van der Waals surface area contributed by atoms with E-state index in [1.165, 1.54) is 0 Å². The van der Waals surface area contributed by atoms with E-state index in [0.717, 1.165) is 25.9 Å². The van der Waals surface area contributed by atoms with E-state index in [1.807, 2.05) is 42.5 Å². The zero-order valence-electron chi connectivity index (χ0n) is 8.85. The molecule has 1 aromatic heterocycles. The van der Waals surface area contributed by atoms with Gasteiger partial charge in [-0.3, -0.25) is 0 Å². The molecule has 2 N–H and O–H groups in total. The highest BCUT2D eigenvalue weighted by molar-refractivity contribution is 14.1. The monoisotopic (exact) mass is 336 g/mol. The average Bonchev–Trinajstić information content (AvgIpc) is 2.72. The van der Waals surface area contributed by atoms with Crippen molar-refractivity contribution in [2.75, 3.05) is 5.73 Å². The number of fused-ring (bicyclic) bond motifs is 1. The number of benzene rings is 2. The highest BCUT2D eigenvalue weighted by Crippen LogP contribution is 2.25. The van der Waals surface area contributed by atoms with Gasteiger partial charge in [0, 0.05) is 14.8 Å². The normalized spacial score (nSPS) is 10.9. The minimum Gasteiger partial charge on any atom is -0.436 e. The van der Waals surface area contributed by atoms with Crippen molar-refractivity contribution in [3.05, 3.63) is 46.0 Å². The summed E-state index contributed by atoms with van der Waals surface area (Å²) >= 11 is 2.25. The molecule has 0 amide bonds. The van der Waals surface area contributed by atoms with Crippen LogP contribution >= 0.6 is 22.6 Å². The second-order valence-corrected chi connectivity index (χ2v) is 5.00. The molecule has 0 saturated heterocycles. The lowest BCUT2D eigenvalue weighted by atomic mass is 10.2. The van der Waals surface area contributed by atoms with Crippen LogP contribution < -0.4 is 5.73 Å². The number of nitrogens with zero attached hydrogens (tertiary/aromatic N) is 1. The maximum Gasteiger partial charge on any atom is 0.227 e. The molecule has 0 aliphatic rings. The van der Waals surface area contributed by atoms with Crippen molar-refractivity contribution in [1.29, 1.82) is 0 Å². The van der Waals surface area contributed by atoms with Crippen LogP contribution in [0.1, 0.15) is 0 Å². The summed E-state index contributed by atoms with van der Waals surface area (Å²) in [4.78, 5) is 4.44. The molecule has 0 fully saturated rings. The molecule has 0 aliphatic carbocycles. The van der Waals surface area contributed by atoms with Crippen molar-refractivity contribution in [2.24, 2.45) is 0 Å². The largest absolute Gasteiger partial charge is 0.436 e. The van der Waals surface area contributed by atoms with Gasteiger partial charge in [0.25, 0.3) is 0 Å². The van der Waals surface area contributed by atoms with Gasteiger partial charge in [0.1, 0.15) is 5.52 Å². The van der Waals surface area contributed by atoms with Crippen LogP contribution in [0.5, 0.6) is 0 Å². The van der Waals surface area contributed by atoms with Gasteiger partial charge in [0.05, 0.1) is 0 Å². The quantitative estimate of drug-likeness (QED) is 0.545. The Labute approximate surface area is 112 Å². The first-order valence-corrected chi connectivity index (χ1v) is 6.22. The lowest BCUT2D eigenvalue weighted by Crippen LogP contribution is -1.83. The highest BCUT2D eigenvalue weighted by atomic mass is 127. The van der Waals surface area contributed by atoms with Crippen LogP contribution in [0.2, 0.25) is 0 Å². The molecule has 0 radical (unpaired) electrons. The Hall–Kier alpha value is -1.56. The van der Waals surface area contributed by atoms with Gasteiger partial charge in [0.15, 0.2) is 5.58 Å². The SMILES string of the molecule is Nc1ccc(-c2nc3ccc(I)cc3o2)cc1. The fourth-order valence-corrected chi connectivity index (χ4v) is 2.11. The summed E-state index contributed by atoms with van der Waals surface area (Å²) in [5, 5.41) is 0. The predicted octanol–water partition coefficient (Wildman–Crippen LogP) is 3.68. The number of aromatic nitrogens is 1. The summed E-state index contributed by atoms with van der Waals surface area (Å²) < 4.78 is 6.85. The number of nitrogen functional groups attached to an aromatic ring is 1. The third kappa shape index (κ3) is 2.00. The molecule has 0 aliphatic heterocycles. The molecular weight excluding hydrogens is 327 g/mol. The van der Waals surface area contributed by atoms with Crippen molar-refractivity contribution in [3.8, 4) is 11.5 Å². The molecule has 4 heteroatoms. The van der Waals surface area contributed by atoms with Crippen LogP contribution in [0.3, 0.4) is 0 Å². The van der Waals surface area contributed by atoms with Gasteiger partial charge in [-0.1, -0.05) is 0 Å². The van der Waals surface area contributed by atoms with E-state index >= 15 is 0 Å². The molecular formula is C13H9IN2O. The summed E-state index contributed by atoms with van der Waals surface area (Å²) in [6.07, 6.45) is 0. The second-order valence-electron chi connectivity index (χ2n) is 3.75. The van der Waals surface area contributed by atoms with Crippen LogP contribution in [-0.2, 0) is 0 Å². The fraction of sp³-hybridized carbons (Fsp3) is 0. The van der Waals surface area contributed by atoms with Gasteiger partial charge in [-0.2, -0.15) is 0 Å². The molecule has 0 bridgehead atoms. The van der Waals surface area contributed by atoms with E-state index in [9.17, 15) is 0 Å². The lowest BCUT2D eigenvalue weighted by Gasteiger charge is -1.95. The number of anilines is 1. The van der Waals surface area contributed by atoms with Crippen LogP contribution in [0.25, 0.3) is 22.6 Å². The molecule has 17 heavy (non-hydrogen) atoms. The van der Waals surface area contributed by atoms with E-state index in [4.69, 9.17) is 10.2 Å². The standard InChI is InChI=1S/C13H9IN2O/c14-9-3-6-11-12(7-9)17-13(16-11)8-1-4-10(15)5-2-8/h1-7H,15H2. The summed E-state index contributed by atoms with van der Waals surface area (Å²) in [5.74, 6) is 0.627. The molecule has 0 atom stereocenters.